The van der Waals surface area contributed by atoms with Gasteiger partial charge in [-0.25, -0.2) is 4.98 Å². The molecule has 0 fully saturated rings. The van der Waals surface area contributed by atoms with E-state index in [1.165, 1.54) is 0 Å². The standard InChI is InChI=1S/C20H22N4O2/c1-26-17-10-5-9-16(13-17)22-19-14-18(15-7-3-2-4-8-15)23-20(24-19)21-11-6-12-25/h2-5,7-10,13-14,25H,6,11-12H2,1H3,(H2,21,22,23,24). The number of nitrogens with one attached hydrogen (secondary N) is 2. The predicted molar refractivity (Wildman–Crippen MR) is 104 cm³/mol. The SMILES string of the molecule is COc1cccc(Nc2cc(-c3ccccc3)nc(NCCCO)n2)c1. The number of benzene rings is 2. The van der Waals surface area contributed by atoms with Crippen LogP contribution in [-0.4, -0.2) is 35.3 Å². The van der Waals surface area contributed by atoms with Gasteiger partial charge in [0.15, 0.2) is 0 Å². The molecule has 1 heterocycles. The Morgan fingerprint density at radius 1 is 1.00 bits per heavy atom. The van der Waals surface area contributed by atoms with Crippen LogP contribution in [0.1, 0.15) is 6.42 Å². The molecule has 0 unspecified atom stereocenters. The highest BCUT2D eigenvalue weighted by Gasteiger charge is 2.07. The van der Waals surface area contributed by atoms with Crippen molar-refractivity contribution in [3.63, 3.8) is 0 Å². The van der Waals surface area contributed by atoms with Crippen LogP contribution in [0, 0.1) is 0 Å². The van der Waals surface area contributed by atoms with Crippen LogP contribution in [0.4, 0.5) is 17.5 Å². The van der Waals surface area contributed by atoms with E-state index in [-0.39, 0.29) is 6.61 Å². The van der Waals surface area contributed by atoms with E-state index in [1.54, 1.807) is 7.11 Å². The Morgan fingerprint density at radius 3 is 2.62 bits per heavy atom. The van der Waals surface area contributed by atoms with Crippen molar-refractivity contribution in [3.05, 3.63) is 60.7 Å². The molecule has 0 saturated heterocycles. The van der Waals surface area contributed by atoms with Gasteiger partial charge in [0.2, 0.25) is 5.95 Å². The fourth-order valence-corrected chi connectivity index (χ4v) is 2.48. The zero-order chi connectivity index (χ0) is 18.2. The summed E-state index contributed by atoms with van der Waals surface area (Å²) in [6, 6.07) is 19.5. The summed E-state index contributed by atoms with van der Waals surface area (Å²) in [5.41, 5.74) is 2.70. The second-order valence-corrected chi connectivity index (χ2v) is 5.69. The van der Waals surface area contributed by atoms with E-state index in [1.807, 2.05) is 60.7 Å². The van der Waals surface area contributed by atoms with Gasteiger partial charge in [-0.05, 0) is 18.6 Å². The quantitative estimate of drug-likeness (QED) is 0.538. The molecule has 3 N–H and O–H groups in total. The highest BCUT2D eigenvalue weighted by Crippen LogP contribution is 2.25. The summed E-state index contributed by atoms with van der Waals surface area (Å²) in [4.78, 5) is 9.11. The summed E-state index contributed by atoms with van der Waals surface area (Å²) < 4.78 is 5.27. The molecular formula is C20H22N4O2. The molecule has 26 heavy (non-hydrogen) atoms. The molecule has 0 amide bonds. The van der Waals surface area contributed by atoms with Crippen molar-refractivity contribution in [2.45, 2.75) is 6.42 Å². The molecule has 0 aliphatic carbocycles. The van der Waals surface area contributed by atoms with Gasteiger partial charge in [-0.2, -0.15) is 4.98 Å². The monoisotopic (exact) mass is 350 g/mol. The summed E-state index contributed by atoms with van der Waals surface area (Å²) in [7, 11) is 1.64. The normalized spacial score (nSPS) is 10.4. The number of hydrogen-bond acceptors (Lipinski definition) is 6. The van der Waals surface area contributed by atoms with Crippen LogP contribution in [0.3, 0.4) is 0 Å². The number of nitrogens with zero attached hydrogens (tertiary/aromatic N) is 2. The first-order valence-electron chi connectivity index (χ1n) is 8.49. The Bertz CT molecular complexity index is 840. The van der Waals surface area contributed by atoms with Gasteiger partial charge in [0.05, 0.1) is 12.8 Å². The molecule has 0 aliphatic rings. The number of rotatable bonds is 8. The maximum atomic E-state index is 8.97. The zero-order valence-electron chi connectivity index (χ0n) is 14.6. The molecule has 0 bridgehead atoms. The molecule has 0 radical (unpaired) electrons. The molecular weight excluding hydrogens is 328 g/mol. The molecule has 134 valence electrons. The minimum atomic E-state index is 0.125. The van der Waals surface area contributed by atoms with Crippen molar-refractivity contribution in [3.8, 4) is 17.0 Å². The summed E-state index contributed by atoms with van der Waals surface area (Å²) in [6.45, 7) is 0.730. The molecule has 0 saturated carbocycles. The average molecular weight is 350 g/mol. The van der Waals surface area contributed by atoms with Gasteiger partial charge in [-0.3, -0.25) is 0 Å². The number of methoxy groups -OCH3 is 1. The Morgan fingerprint density at radius 2 is 1.85 bits per heavy atom. The number of hydrogen-bond donors (Lipinski definition) is 3. The lowest BCUT2D eigenvalue weighted by Gasteiger charge is -2.12. The lowest BCUT2D eigenvalue weighted by Crippen LogP contribution is -2.08. The van der Waals surface area contributed by atoms with Gasteiger partial charge in [-0.1, -0.05) is 36.4 Å². The van der Waals surface area contributed by atoms with Crippen molar-refractivity contribution in [2.24, 2.45) is 0 Å². The number of anilines is 3. The fraction of sp³-hybridized carbons (Fsp3) is 0.200. The van der Waals surface area contributed by atoms with E-state index < -0.39 is 0 Å². The van der Waals surface area contributed by atoms with Crippen molar-refractivity contribution >= 4 is 17.5 Å². The van der Waals surface area contributed by atoms with E-state index in [0.29, 0.717) is 24.7 Å². The largest absolute Gasteiger partial charge is 0.497 e. The van der Waals surface area contributed by atoms with Gasteiger partial charge in [0.25, 0.3) is 0 Å². The summed E-state index contributed by atoms with van der Waals surface area (Å²) in [6.07, 6.45) is 0.636. The van der Waals surface area contributed by atoms with Crippen molar-refractivity contribution in [2.75, 3.05) is 30.9 Å². The third kappa shape index (κ3) is 4.70. The summed E-state index contributed by atoms with van der Waals surface area (Å²) in [5.74, 6) is 1.97. The van der Waals surface area contributed by atoms with E-state index in [0.717, 1.165) is 22.7 Å². The third-order valence-electron chi connectivity index (χ3n) is 3.76. The van der Waals surface area contributed by atoms with Crippen LogP contribution in [0.2, 0.25) is 0 Å². The first-order valence-corrected chi connectivity index (χ1v) is 8.49. The number of aromatic nitrogens is 2. The second-order valence-electron chi connectivity index (χ2n) is 5.69. The van der Waals surface area contributed by atoms with E-state index in [4.69, 9.17) is 9.84 Å². The van der Waals surface area contributed by atoms with Gasteiger partial charge in [-0.15, -0.1) is 0 Å². The van der Waals surface area contributed by atoms with Crippen molar-refractivity contribution in [1.82, 2.24) is 9.97 Å². The maximum absolute atomic E-state index is 8.97. The van der Waals surface area contributed by atoms with E-state index in [9.17, 15) is 0 Å². The van der Waals surface area contributed by atoms with Crippen molar-refractivity contribution in [1.29, 1.82) is 0 Å². The number of ether oxygens (including phenoxy) is 1. The van der Waals surface area contributed by atoms with Crippen LogP contribution < -0.4 is 15.4 Å². The number of aliphatic hydroxyl groups excluding tert-OH is 1. The molecule has 6 heteroatoms. The Balaban J connectivity index is 1.90. The molecule has 6 nitrogen and oxygen atoms in total. The predicted octanol–water partition coefficient (Wildman–Crippen LogP) is 3.69. The van der Waals surface area contributed by atoms with E-state index in [2.05, 4.69) is 20.6 Å². The molecule has 3 rings (SSSR count). The Kier molecular flexibility index (Phi) is 6.01. The molecule has 0 spiro atoms. The molecule has 0 aliphatic heterocycles. The minimum Gasteiger partial charge on any atom is -0.497 e. The molecule has 0 atom stereocenters. The van der Waals surface area contributed by atoms with Crippen LogP contribution in [0.25, 0.3) is 11.3 Å². The highest BCUT2D eigenvalue weighted by atomic mass is 16.5. The van der Waals surface area contributed by atoms with Gasteiger partial charge in [0, 0.05) is 36.5 Å². The molecule has 1 aromatic heterocycles. The summed E-state index contributed by atoms with van der Waals surface area (Å²) in [5, 5.41) is 15.4. The third-order valence-corrected chi connectivity index (χ3v) is 3.76. The number of aliphatic hydroxyl groups is 1. The van der Waals surface area contributed by atoms with Crippen LogP contribution >= 0.6 is 0 Å². The van der Waals surface area contributed by atoms with Gasteiger partial charge >= 0.3 is 0 Å². The van der Waals surface area contributed by atoms with Crippen LogP contribution in [0.15, 0.2) is 60.7 Å². The van der Waals surface area contributed by atoms with E-state index >= 15 is 0 Å². The molecule has 3 aromatic rings. The maximum Gasteiger partial charge on any atom is 0.225 e. The fourth-order valence-electron chi connectivity index (χ4n) is 2.48. The summed E-state index contributed by atoms with van der Waals surface area (Å²) >= 11 is 0. The lowest BCUT2D eigenvalue weighted by molar-refractivity contribution is 0.292. The Labute approximate surface area is 152 Å². The minimum absolute atomic E-state index is 0.125. The Hall–Kier alpha value is -3.12. The lowest BCUT2D eigenvalue weighted by atomic mass is 10.1. The average Bonchev–Trinajstić information content (AvgIpc) is 2.69. The van der Waals surface area contributed by atoms with Crippen molar-refractivity contribution < 1.29 is 9.84 Å². The van der Waals surface area contributed by atoms with Gasteiger partial charge in [0.1, 0.15) is 11.6 Å². The van der Waals surface area contributed by atoms with Crippen LogP contribution in [-0.2, 0) is 0 Å². The van der Waals surface area contributed by atoms with Gasteiger partial charge < -0.3 is 20.5 Å². The first-order chi connectivity index (χ1) is 12.8. The highest BCUT2D eigenvalue weighted by molar-refractivity contribution is 5.67. The zero-order valence-corrected chi connectivity index (χ0v) is 14.6. The smallest absolute Gasteiger partial charge is 0.225 e. The first kappa shape index (κ1) is 17.7. The molecule has 2 aromatic carbocycles. The topological polar surface area (TPSA) is 79.3 Å². The second kappa shape index (κ2) is 8.82. The van der Waals surface area contributed by atoms with Crippen LogP contribution in [0.5, 0.6) is 5.75 Å².